The van der Waals surface area contributed by atoms with E-state index in [4.69, 9.17) is 0 Å². The lowest BCUT2D eigenvalue weighted by Crippen LogP contribution is -1.72. The highest BCUT2D eigenvalue weighted by atomic mass is 32.2. The summed E-state index contributed by atoms with van der Waals surface area (Å²) >= 11 is 7.83. The van der Waals surface area contributed by atoms with Gasteiger partial charge in [-0.05, 0) is 6.92 Å². The van der Waals surface area contributed by atoms with E-state index >= 15 is 0 Å². The molecule has 0 unspecified atom stereocenters. The largest absolute Gasteiger partial charge is 0.161 e. The first-order valence-corrected chi connectivity index (χ1v) is 2.62. The van der Waals surface area contributed by atoms with Crippen LogP contribution in [0.5, 0.6) is 0 Å². The monoisotopic (exact) mass is 119 g/mol. The molecule has 0 amide bonds. The number of allylic oxidation sites excluding steroid dienone is 1. The molecule has 1 radical (unpaired) electrons. The Bertz CT molecular complexity index is 47.5. The van der Waals surface area contributed by atoms with Gasteiger partial charge in [0.1, 0.15) is 0 Å². The van der Waals surface area contributed by atoms with Crippen molar-refractivity contribution < 1.29 is 0 Å². The van der Waals surface area contributed by atoms with E-state index in [1.54, 1.807) is 12.2 Å². The number of hydrogen-bond donors (Lipinski definition) is 2. The summed E-state index contributed by atoms with van der Waals surface area (Å²) in [6.07, 6.45) is 3.46. The molecule has 6 heavy (non-hydrogen) atoms. The molecule has 0 aliphatic rings. The van der Waals surface area contributed by atoms with Gasteiger partial charge in [-0.3, -0.25) is 0 Å². The van der Waals surface area contributed by atoms with Crippen LogP contribution in [0, 0.1) is 6.92 Å². The molecule has 0 fully saturated rings. The zero-order chi connectivity index (χ0) is 4.99. The van der Waals surface area contributed by atoms with Crippen LogP contribution in [0.1, 0.15) is 0 Å². The molecule has 0 saturated heterocycles. The van der Waals surface area contributed by atoms with Crippen molar-refractivity contribution in [3.8, 4) is 0 Å². The summed E-state index contributed by atoms with van der Waals surface area (Å²) in [5, 5.41) is 0. The maximum absolute atomic E-state index is 3.92. The molecule has 0 saturated carbocycles. The van der Waals surface area contributed by atoms with Crippen LogP contribution in [-0.4, -0.2) is 4.58 Å². The first-order valence-electron chi connectivity index (χ1n) is 1.59. The van der Waals surface area contributed by atoms with Crippen molar-refractivity contribution in [2.24, 2.45) is 0 Å². The van der Waals surface area contributed by atoms with Gasteiger partial charge in [-0.25, -0.2) is 0 Å². The van der Waals surface area contributed by atoms with Crippen molar-refractivity contribution in [1.82, 2.24) is 0 Å². The molecule has 0 atom stereocenters. The predicted molar refractivity (Wildman–Crippen MR) is 36.3 cm³/mol. The summed E-state index contributed by atoms with van der Waals surface area (Å²) in [7, 11) is 0. The summed E-state index contributed by atoms with van der Waals surface area (Å²) in [6, 6.07) is 0. The lowest BCUT2D eigenvalue weighted by molar-refractivity contribution is 1.68. The van der Waals surface area contributed by atoms with Crippen LogP contribution in [-0.2, 0) is 0 Å². The fourth-order valence-electron chi connectivity index (χ4n) is 0.122. The molecular formula is C4H7S2. The van der Waals surface area contributed by atoms with Crippen molar-refractivity contribution in [2.75, 3.05) is 0 Å². The van der Waals surface area contributed by atoms with Crippen molar-refractivity contribution in [3.63, 3.8) is 0 Å². The second-order valence-electron chi connectivity index (χ2n) is 0.842. The quantitative estimate of drug-likeness (QED) is 0.380. The first kappa shape index (κ1) is 6.44. The van der Waals surface area contributed by atoms with Gasteiger partial charge >= 0.3 is 0 Å². The smallest absolute Gasteiger partial charge is 0.0622 e. The van der Waals surface area contributed by atoms with E-state index < -0.39 is 0 Å². The molecule has 0 aliphatic carbocycles. The Morgan fingerprint density at radius 2 is 2.00 bits per heavy atom. The Labute approximate surface area is 49.5 Å². The maximum Gasteiger partial charge on any atom is 0.0622 e. The minimum atomic E-state index is 0.0440. The van der Waals surface area contributed by atoms with Crippen molar-refractivity contribution in [3.05, 3.63) is 19.1 Å². The molecule has 0 bridgehead atoms. The third-order valence-electron chi connectivity index (χ3n) is 0.308. The van der Waals surface area contributed by atoms with Crippen LogP contribution in [0.15, 0.2) is 12.2 Å². The maximum atomic E-state index is 3.92. The fraction of sp³-hybridized carbons (Fsp3) is 0.250. The summed E-state index contributed by atoms with van der Waals surface area (Å²) < 4.78 is 0.0440. The third kappa shape index (κ3) is 4.44. The summed E-state index contributed by atoms with van der Waals surface area (Å²) in [6.45, 7) is 3.45. The second-order valence-corrected chi connectivity index (χ2v) is 2.36. The van der Waals surface area contributed by atoms with E-state index in [1.807, 2.05) is 0 Å². The number of thiol groups is 2. The SMILES string of the molecule is [CH2]C=CC(S)S. The van der Waals surface area contributed by atoms with Gasteiger partial charge in [0.25, 0.3) is 0 Å². The molecule has 0 aromatic rings. The van der Waals surface area contributed by atoms with Crippen LogP contribution in [0.2, 0.25) is 0 Å². The molecule has 0 nitrogen and oxygen atoms in total. The van der Waals surface area contributed by atoms with Gasteiger partial charge < -0.3 is 0 Å². The molecule has 0 N–H and O–H groups in total. The Balaban J connectivity index is 3.03. The standard InChI is InChI=1S/C4H7S2/c1-2-3-4(5)6/h2-6H,1H2. The van der Waals surface area contributed by atoms with Crippen LogP contribution < -0.4 is 0 Å². The number of rotatable bonds is 1. The zero-order valence-electron chi connectivity index (χ0n) is 3.33. The molecule has 0 aromatic carbocycles. The molecule has 0 spiro atoms. The Morgan fingerprint density at radius 1 is 1.50 bits per heavy atom. The zero-order valence-corrected chi connectivity index (χ0v) is 5.12. The van der Waals surface area contributed by atoms with Crippen LogP contribution >= 0.6 is 25.3 Å². The minimum absolute atomic E-state index is 0.0440. The average molecular weight is 119 g/mol. The van der Waals surface area contributed by atoms with Gasteiger partial charge in [-0.15, -0.1) is 0 Å². The van der Waals surface area contributed by atoms with Crippen LogP contribution in [0.25, 0.3) is 0 Å². The average Bonchev–Trinajstić information content (AvgIpc) is 1.35. The minimum Gasteiger partial charge on any atom is -0.161 e. The Morgan fingerprint density at radius 3 is 2.00 bits per heavy atom. The van der Waals surface area contributed by atoms with Crippen molar-refractivity contribution in [2.45, 2.75) is 4.58 Å². The van der Waals surface area contributed by atoms with Gasteiger partial charge in [0.2, 0.25) is 0 Å². The molecule has 0 heterocycles. The highest BCUT2D eigenvalue weighted by molar-refractivity contribution is 7.99. The van der Waals surface area contributed by atoms with Gasteiger partial charge in [0, 0.05) is 0 Å². The Hall–Kier alpha value is 0.440. The molecule has 35 valence electrons. The molecular weight excluding hydrogens is 112 g/mol. The van der Waals surface area contributed by atoms with Gasteiger partial charge in [0.15, 0.2) is 0 Å². The van der Waals surface area contributed by atoms with Crippen LogP contribution in [0.4, 0.5) is 0 Å². The predicted octanol–water partition coefficient (Wildman–Crippen LogP) is 1.56. The first-order chi connectivity index (χ1) is 2.77. The van der Waals surface area contributed by atoms with Gasteiger partial charge in [0.05, 0.1) is 4.58 Å². The van der Waals surface area contributed by atoms with Crippen LogP contribution in [0.3, 0.4) is 0 Å². The third-order valence-corrected chi connectivity index (χ3v) is 0.652. The van der Waals surface area contributed by atoms with E-state index in [1.165, 1.54) is 0 Å². The van der Waals surface area contributed by atoms with Crippen molar-refractivity contribution >= 4 is 25.3 Å². The highest BCUT2D eigenvalue weighted by Gasteiger charge is 1.78. The van der Waals surface area contributed by atoms with E-state index in [0.717, 1.165) is 0 Å². The summed E-state index contributed by atoms with van der Waals surface area (Å²) in [5.41, 5.74) is 0. The van der Waals surface area contributed by atoms with E-state index in [0.29, 0.717) is 0 Å². The van der Waals surface area contributed by atoms with E-state index in [-0.39, 0.29) is 4.58 Å². The molecule has 2 heteroatoms. The Kier molecular flexibility index (Phi) is 3.89. The molecule has 0 rings (SSSR count). The van der Waals surface area contributed by atoms with E-state index in [2.05, 4.69) is 32.2 Å². The molecule has 0 aromatic heterocycles. The normalized spacial score (nSPS) is 11.3. The van der Waals surface area contributed by atoms with E-state index in [9.17, 15) is 0 Å². The summed E-state index contributed by atoms with van der Waals surface area (Å²) in [4.78, 5) is 0. The lowest BCUT2D eigenvalue weighted by Gasteiger charge is -1.85. The number of hydrogen-bond acceptors (Lipinski definition) is 2. The highest BCUT2D eigenvalue weighted by Crippen LogP contribution is 1.99. The fourth-order valence-corrected chi connectivity index (χ4v) is 0.365. The molecule has 0 aliphatic heterocycles. The summed E-state index contributed by atoms with van der Waals surface area (Å²) in [5.74, 6) is 0. The van der Waals surface area contributed by atoms with Gasteiger partial charge in [-0.1, -0.05) is 12.2 Å². The van der Waals surface area contributed by atoms with Crippen molar-refractivity contribution in [1.29, 1.82) is 0 Å². The van der Waals surface area contributed by atoms with Gasteiger partial charge in [-0.2, -0.15) is 25.3 Å². The topological polar surface area (TPSA) is 0 Å². The second kappa shape index (κ2) is 3.62. The lowest BCUT2D eigenvalue weighted by atomic mass is 10.6.